The van der Waals surface area contributed by atoms with Gasteiger partial charge in [-0.25, -0.2) is 0 Å². The zero-order chi connectivity index (χ0) is 17.0. The van der Waals surface area contributed by atoms with Crippen molar-refractivity contribution in [3.63, 3.8) is 0 Å². The molecule has 23 heavy (non-hydrogen) atoms. The van der Waals surface area contributed by atoms with Crippen molar-refractivity contribution in [3.8, 4) is 5.75 Å². The maximum atomic E-state index is 12.3. The summed E-state index contributed by atoms with van der Waals surface area (Å²) < 4.78 is 41.0. The molecule has 0 aliphatic carbocycles. The van der Waals surface area contributed by atoms with E-state index in [1.54, 1.807) is 11.0 Å². The Hall–Kier alpha value is -1.41. The minimum atomic E-state index is -4.72. The molecule has 1 aromatic carbocycles. The maximum absolute atomic E-state index is 12.3. The van der Waals surface area contributed by atoms with Crippen molar-refractivity contribution < 1.29 is 22.7 Å². The molecule has 1 unspecified atom stereocenters. The number of amides is 1. The molecule has 8 heteroatoms. The molecular formula is C15H19F3N2O2S. The summed E-state index contributed by atoms with van der Waals surface area (Å²) >= 11 is 1.42. The molecule has 0 N–H and O–H groups in total. The lowest BCUT2D eigenvalue weighted by atomic mass is 10.2. The third kappa shape index (κ3) is 5.31. The summed E-state index contributed by atoms with van der Waals surface area (Å²) in [5.74, 6) is 0.0980. The van der Waals surface area contributed by atoms with Crippen LogP contribution in [0, 0.1) is 0 Å². The van der Waals surface area contributed by atoms with Gasteiger partial charge in [-0.3, -0.25) is 4.79 Å². The van der Waals surface area contributed by atoms with Crippen LogP contribution in [0.1, 0.15) is 17.4 Å². The first-order valence-electron chi connectivity index (χ1n) is 7.18. The van der Waals surface area contributed by atoms with Gasteiger partial charge in [-0.2, -0.15) is 0 Å². The van der Waals surface area contributed by atoms with Crippen molar-refractivity contribution in [1.29, 1.82) is 0 Å². The number of thioether (sulfide) groups is 1. The molecular weight excluding hydrogens is 329 g/mol. The van der Waals surface area contributed by atoms with Gasteiger partial charge in [-0.15, -0.1) is 24.9 Å². The van der Waals surface area contributed by atoms with E-state index in [1.807, 2.05) is 19.0 Å². The van der Waals surface area contributed by atoms with Gasteiger partial charge in [0, 0.05) is 6.54 Å². The monoisotopic (exact) mass is 348 g/mol. The second kappa shape index (κ2) is 7.44. The number of hydrogen-bond acceptors (Lipinski definition) is 4. The van der Waals surface area contributed by atoms with Crippen LogP contribution in [0.2, 0.25) is 0 Å². The Bertz CT molecular complexity index is 552. The van der Waals surface area contributed by atoms with Crippen molar-refractivity contribution >= 4 is 17.7 Å². The SMILES string of the molecule is CN(C)CCCN1C(=O)CSC1c1cccc(OC(F)(F)F)c1. The van der Waals surface area contributed by atoms with Crippen LogP contribution in [0.4, 0.5) is 13.2 Å². The summed E-state index contributed by atoms with van der Waals surface area (Å²) in [5, 5.41) is -0.263. The lowest BCUT2D eigenvalue weighted by molar-refractivity contribution is -0.274. The minimum absolute atomic E-state index is 0.0147. The quantitative estimate of drug-likeness (QED) is 0.791. The largest absolute Gasteiger partial charge is 0.573 e. The predicted molar refractivity (Wildman–Crippen MR) is 83.2 cm³/mol. The third-order valence-corrected chi connectivity index (χ3v) is 4.61. The highest BCUT2D eigenvalue weighted by Gasteiger charge is 2.34. The Morgan fingerprint density at radius 1 is 1.39 bits per heavy atom. The van der Waals surface area contributed by atoms with Crippen LogP contribution in [-0.4, -0.2) is 55.0 Å². The summed E-state index contributed by atoms with van der Waals surface area (Å²) in [4.78, 5) is 15.8. The number of rotatable bonds is 6. The first-order chi connectivity index (χ1) is 10.8. The van der Waals surface area contributed by atoms with Crippen molar-refractivity contribution in [3.05, 3.63) is 29.8 Å². The van der Waals surface area contributed by atoms with Crippen molar-refractivity contribution in [1.82, 2.24) is 9.80 Å². The number of halogens is 3. The molecule has 0 radical (unpaired) electrons. The number of ether oxygens (including phenoxy) is 1. The summed E-state index contributed by atoms with van der Waals surface area (Å²) in [7, 11) is 3.91. The van der Waals surface area contributed by atoms with Gasteiger partial charge in [0.25, 0.3) is 0 Å². The lowest BCUT2D eigenvalue weighted by Crippen LogP contribution is -2.31. The van der Waals surface area contributed by atoms with Gasteiger partial charge in [0.05, 0.1) is 5.75 Å². The number of carbonyl (C=O) groups is 1. The first-order valence-corrected chi connectivity index (χ1v) is 8.22. The molecule has 1 heterocycles. The van der Waals surface area contributed by atoms with Crippen LogP contribution in [0.25, 0.3) is 0 Å². The molecule has 1 saturated heterocycles. The molecule has 0 aromatic heterocycles. The third-order valence-electron chi connectivity index (χ3n) is 3.35. The van der Waals surface area contributed by atoms with E-state index >= 15 is 0 Å². The van der Waals surface area contributed by atoms with Gasteiger partial charge < -0.3 is 14.5 Å². The van der Waals surface area contributed by atoms with Crippen molar-refractivity contribution in [2.24, 2.45) is 0 Å². The molecule has 4 nitrogen and oxygen atoms in total. The normalized spacial score (nSPS) is 18.8. The molecule has 128 valence electrons. The predicted octanol–water partition coefficient (Wildman–Crippen LogP) is 3.11. The fourth-order valence-electron chi connectivity index (χ4n) is 2.39. The molecule has 2 rings (SSSR count). The van der Waals surface area contributed by atoms with E-state index in [1.165, 1.54) is 30.0 Å². The van der Waals surface area contributed by atoms with Crippen LogP contribution in [-0.2, 0) is 4.79 Å². The minimum Gasteiger partial charge on any atom is -0.406 e. The topological polar surface area (TPSA) is 32.8 Å². The van der Waals surface area contributed by atoms with E-state index in [0.29, 0.717) is 17.9 Å². The molecule has 1 aromatic rings. The second-order valence-corrected chi connectivity index (χ2v) is 6.60. The highest BCUT2D eigenvalue weighted by atomic mass is 32.2. The lowest BCUT2D eigenvalue weighted by Gasteiger charge is -2.25. The zero-order valence-corrected chi connectivity index (χ0v) is 13.8. The van der Waals surface area contributed by atoms with E-state index in [-0.39, 0.29) is 17.0 Å². The van der Waals surface area contributed by atoms with E-state index in [9.17, 15) is 18.0 Å². The van der Waals surface area contributed by atoms with E-state index in [4.69, 9.17) is 0 Å². The van der Waals surface area contributed by atoms with Crippen molar-refractivity contribution in [2.75, 3.05) is 32.9 Å². The number of alkyl halides is 3. The Morgan fingerprint density at radius 2 is 2.13 bits per heavy atom. The van der Waals surface area contributed by atoms with Gasteiger partial charge in [0.1, 0.15) is 11.1 Å². The maximum Gasteiger partial charge on any atom is 0.573 e. The highest BCUT2D eigenvalue weighted by molar-refractivity contribution is 8.00. The second-order valence-electron chi connectivity index (χ2n) is 5.53. The van der Waals surface area contributed by atoms with Crippen LogP contribution in [0.15, 0.2) is 24.3 Å². The zero-order valence-electron chi connectivity index (χ0n) is 13.0. The van der Waals surface area contributed by atoms with E-state index in [2.05, 4.69) is 4.74 Å². The van der Waals surface area contributed by atoms with Crippen molar-refractivity contribution in [2.45, 2.75) is 18.2 Å². The molecule has 1 fully saturated rings. The van der Waals surface area contributed by atoms with E-state index < -0.39 is 6.36 Å². The Balaban J connectivity index is 2.09. The number of nitrogens with zero attached hydrogens (tertiary/aromatic N) is 2. The molecule has 1 amide bonds. The molecule has 0 spiro atoms. The summed E-state index contributed by atoms with van der Waals surface area (Å²) in [6, 6.07) is 5.84. The summed E-state index contributed by atoms with van der Waals surface area (Å²) in [6.07, 6.45) is -3.91. The van der Waals surface area contributed by atoms with Gasteiger partial charge in [-0.05, 0) is 44.8 Å². The van der Waals surface area contributed by atoms with E-state index in [0.717, 1.165) is 13.0 Å². The smallest absolute Gasteiger partial charge is 0.406 e. The average Bonchev–Trinajstić information content (AvgIpc) is 2.78. The number of hydrogen-bond donors (Lipinski definition) is 0. The summed E-state index contributed by atoms with van der Waals surface area (Å²) in [5.41, 5.74) is 0.646. The Kier molecular flexibility index (Phi) is 5.80. The molecule has 1 aliphatic rings. The van der Waals surface area contributed by atoms with Crippen LogP contribution in [0.5, 0.6) is 5.75 Å². The average molecular weight is 348 g/mol. The first kappa shape index (κ1) is 17.9. The molecule has 0 saturated carbocycles. The molecule has 1 aliphatic heterocycles. The Labute approximate surface area is 137 Å². The fraction of sp³-hybridized carbons (Fsp3) is 0.533. The highest BCUT2D eigenvalue weighted by Crippen LogP contribution is 2.40. The fourth-order valence-corrected chi connectivity index (χ4v) is 3.60. The van der Waals surface area contributed by atoms with Gasteiger partial charge in [0.2, 0.25) is 5.91 Å². The number of carbonyl (C=O) groups excluding carboxylic acids is 1. The summed E-state index contributed by atoms with van der Waals surface area (Å²) in [6.45, 7) is 1.43. The molecule has 1 atom stereocenters. The van der Waals surface area contributed by atoms with Gasteiger partial charge >= 0.3 is 6.36 Å². The standard InChI is InChI=1S/C15H19F3N2O2S/c1-19(2)7-4-8-20-13(21)10-23-14(20)11-5-3-6-12(9-11)22-15(16,17)18/h3,5-6,9,14H,4,7-8,10H2,1-2H3. The number of benzene rings is 1. The van der Waals surface area contributed by atoms with Crippen LogP contribution in [0.3, 0.4) is 0 Å². The van der Waals surface area contributed by atoms with Gasteiger partial charge in [-0.1, -0.05) is 12.1 Å². The Morgan fingerprint density at radius 3 is 2.78 bits per heavy atom. The van der Waals surface area contributed by atoms with Crippen LogP contribution < -0.4 is 4.74 Å². The van der Waals surface area contributed by atoms with Crippen LogP contribution >= 0.6 is 11.8 Å². The molecule has 0 bridgehead atoms. The van der Waals surface area contributed by atoms with Gasteiger partial charge in [0.15, 0.2) is 0 Å².